The van der Waals surface area contributed by atoms with E-state index >= 15 is 0 Å². The highest BCUT2D eigenvalue weighted by Gasteiger charge is 2.19. The van der Waals surface area contributed by atoms with Crippen LogP contribution in [0.2, 0.25) is 5.02 Å². The van der Waals surface area contributed by atoms with Gasteiger partial charge in [-0.15, -0.1) is 0 Å². The van der Waals surface area contributed by atoms with Crippen molar-refractivity contribution in [2.75, 3.05) is 0 Å². The number of aryl methyl sites for hydroxylation is 1. The van der Waals surface area contributed by atoms with Gasteiger partial charge in [0.1, 0.15) is 5.76 Å². The monoisotopic (exact) mass is 272 g/mol. The van der Waals surface area contributed by atoms with Crippen LogP contribution >= 0.6 is 11.6 Å². The smallest absolute Gasteiger partial charge is 0.199 e. The standard InChI is InChI=1S/C10H9ClN2O3S/c1-7-8(4-13-16-7)6-17(14,15)10-3-2-9(11)5-12-10/h2-5H,6H2,1H3. The van der Waals surface area contributed by atoms with E-state index in [1.54, 1.807) is 6.92 Å². The van der Waals surface area contributed by atoms with E-state index in [4.69, 9.17) is 16.1 Å². The minimum atomic E-state index is -3.49. The third-order valence-corrected chi connectivity index (χ3v) is 4.01. The highest BCUT2D eigenvalue weighted by Crippen LogP contribution is 2.17. The molecule has 2 aromatic heterocycles. The average Bonchev–Trinajstić information content (AvgIpc) is 2.64. The van der Waals surface area contributed by atoms with Crippen molar-refractivity contribution >= 4 is 21.4 Å². The first kappa shape index (κ1) is 12.1. The molecule has 7 heteroatoms. The Labute approximate surface area is 103 Å². The molecule has 17 heavy (non-hydrogen) atoms. The summed E-state index contributed by atoms with van der Waals surface area (Å²) in [7, 11) is -3.49. The number of pyridine rings is 1. The maximum atomic E-state index is 12.0. The molecule has 0 aliphatic carbocycles. The van der Waals surface area contributed by atoms with Gasteiger partial charge < -0.3 is 4.52 Å². The summed E-state index contributed by atoms with van der Waals surface area (Å²) in [5.41, 5.74) is 0.529. The van der Waals surface area contributed by atoms with Crippen molar-refractivity contribution < 1.29 is 12.9 Å². The van der Waals surface area contributed by atoms with Crippen LogP contribution in [0.4, 0.5) is 0 Å². The van der Waals surface area contributed by atoms with Gasteiger partial charge in [-0.1, -0.05) is 16.8 Å². The van der Waals surface area contributed by atoms with Gasteiger partial charge in [0.15, 0.2) is 14.9 Å². The molecular weight excluding hydrogens is 264 g/mol. The molecule has 0 bridgehead atoms. The van der Waals surface area contributed by atoms with Gasteiger partial charge in [-0.3, -0.25) is 0 Å². The molecule has 2 rings (SSSR count). The van der Waals surface area contributed by atoms with Gasteiger partial charge in [0.2, 0.25) is 0 Å². The van der Waals surface area contributed by atoms with Gasteiger partial charge in [-0.05, 0) is 19.1 Å². The Morgan fingerprint density at radius 3 is 2.65 bits per heavy atom. The van der Waals surface area contributed by atoms with E-state index in [9.17, 15) is 8.42 Å². The summed E-state index contributed by atoms with van der Waals surface area (Å²) in [6.07, 6.45) is 2.69. The Balaban J connectivity index is 2.31. The number of sulfone groups is 1. The number of hydrogen-bond acceptors (Lipinski definition) is 5. The molecule has 0 spiro atoms. The van der Waals surface area contributed by atoms with Crippen LogP contribution in [0, 0.1) is 6.92 Å². The van der Waals surface area contributed by atoms with Gasteiger partial charge in [-0.2, -0.15) is 0 Å². The van der Waals surface area contributed by atoms with Crippen molar-refractivity contribution in [1.82, 2.24) is 10.1 Å². The molecule has 0 unspecified atom stereocenters. The molecule has 0 amide bonds. The number of aromatic nitrogens is 2. The minimum absolute atomic E-state index is 0.0116. The van der Waals surface area contributed by atoms with Crippen molar-refractivity contribution in [2.24, 2.45) is 0 Å². The summed E-state index contributed by atoms with van der Waals surface area (Å²) >= 11 is 5.65. The topological polar surface area (TPSA) is 73.1 Å². The molecule has 90 valence electrons. The first-order valence-electron chi connectivity index (χ1n) is 4.73. The first-order chi connectivity index (χ1) is 7.99. The van der Waals surface area contributed by atoms with Crippen LogP contribution in [0.25, 0.3) is 0 Å². The van der Waals surface area contributed by atoms with E-state index in [-0.39, 0.29) is 10.8 Å². The third kappa shape index (κ3) is 2.65. The van der Waals surface area contributed by atoms with Crippen LogP contribution in [0.1, 0.15) is 11.3 Å². The summed E-state index contributed by atoms with van der Waals surface area (Å²) in [4.78, 5) is 3.79. The van der Waals surface area contributed by atoms with Crippen LogP contribution in [0.15, 0.2) is 34.1 Å². The number of rotatable bonds is 3. The molecule has 2 heterocycles. The molecule has 0 atom stereocenters. The van der Waals surface area contributed by atoms with Crippen LogP contribution in [0.5, 0.6) is 0 Å². The maximum absolute atomic E-state index is 12.0. The van der Waals surface area contributed by atoms with E-state index in [1.165, 1.54) is 24.5 Å². The summed E-state index contributed by atoms with van der Waals surface area (Å²) in [5, 5.41) is 3.91. The van der Waals surface area contributed by atoms with Crippen molar-refractivity contribution in [3.8, 4) is 0 Å². The SMILES string of the molecule is Cc1oncc1CS(=O)(=O)c1ccc(Cl)cn1. The Morgan fingerprint density at radius 1 is 1.35 bits per heavy atom. The van der Waals surface area contributed by atoms with Gasteiger partial charge in [0.05, 0.1) is 17.0 Å². The Hall–Kier alpha value is -1.40. The van der Waals surface area contributed by atoms with Crippen molar-refractivity contribution in [3.63, 3.8) is 0 Å². The highest BCUT2D eigenvalue weighted by molar-refractivity contribution is 7.90. The fraction of sp³-hybridized carbons (Fsp3) is 0.200. The van der Waals surface area contributed by atoms with E-state index in [0.717, 1.165) is 0 Å². The van der Waals surface area contributed by atoms with Crippen LogP contribution in [-0.4, -0.2) is 18.6 Å². The molecule has 0 radical (unpaired) electrons. The lowest BCUT2D eigenvalue weighted by Gasteiger charge is -2.02. The summed E-state index contributed by atoms with van der Waals surface area (Å²) < 4.78 is 28.8. The Kier molecular flexibility index (Phi) is 3.17. The van der Waals surface area contributed by atoms with Crippen molar-refractivity contribution in [2.45, 2.75) is 17.7 Å². The van der Waals surface area contributed by atoms with Crippen LogP contribution in [-0.2, 0) is 15.6 Å². The van der Waals surface area contributed by atoms with E-state index < -0.39 is 9.84 Å². The first-order valence-corrected chi connectivity index (χ1v) is 6.76. The molecule has 0 aliphatic heterocycles. The fourth-order valence-electron chi connectivity index (χ4n) is 1.28. The van der Waals surface area contributed by atoms with E-state index in [0.29, 0.717) is 16.3 Å². The Morgan fingerprint density at radius 2 is 2.12 bits per heavy atom. The maximum Gasteiger partial charge on any atom is 0.199 e. The van der Waals surface area contributed by atoms with E-state index in [1.807, 2.05) is 0 Å². The number of nitrogens with zero attached hydrogens (tertiary/aromatic N) is 2. The molecule has 0 saturated heterocycles. The second-order valence-electron chi connectivity index (χ2n) is 3.48. The molecule has 0 fully saturated rings. The second kappa shape index (κ2) is 4.46. The molecule has 0 saturated carbocycles. The third-order valence-electron chi connectivity index (χ3n) is 2.21. The zero-order valence-electron chi connectivity index (χ0n) is 8.92. The molecule has 5 nitrogen and oxygen atoms in total. The summed E-state index contributed by atoms with van der Waals surface area (Å²) in [6, 6.07) is 2.86. The lowest BCUT2D eigenvalue weighted by atomic mass is 10.3. The zero-order chi connectivity index (χ0) is 12.5. The largest absolute Gasteiger partial charge is 0.361 e. The second-order valence-corrected chi connectivity index (χ2v) is 5.85. The van der Waals surface area contributed by atoms with Crippen LogP contribution in [0.3, 0.4) is 0 Å². The fourth-order valence-corrected chi connectivity index (χ4v) is 2.72. The van der Waals surface area contributed by atoms with Gasteiger partial charge in [-0.25, -0.2) is 13.4 Å². The predicted molar refractivity (Wildman–Crippen MR) is 61.4 cm³/mol. The molecular formula is C10H9ClN2O3S. The summed E-state index contributed by atoms with van der Waals surface area (Å²) in [6.45, 7) is 1.66. The lowest BCUT2D eigenvalue weighted by Crippen LogP contribution is -2.07. The Bertz CT molecular complexity index is 619. The lowest BCUT2D eigenvalue weighted by molar-refractivity contribution is 0.396. The minimum Gasteiger partial charge on any atom is -0.361 e. The normalized spacial score (nSPS) is 11.6. The van der Waals surface area contributed by atoms with Crippen molar-refractivity contribution in [3.05, 3.63) is 40.9 Å². The van der Waals surface area contributed by atoms with Gasteiger partial charge in [0, 0.05) is 11.8 Å². The molecule has 0 aromatic carbocycles. The van der Waals surface area contributed by atoms with Gasteiger partial charge >= 0.3 is 0 Å². The average molecular weight is 273 g/mol. The van der Waals surface area contributed by atoms with Crippen molar-refractivity contribution in [1.29, 1.82) is 0 Å². The summed E-state index contributed by atoms with van der Waals surface area (Å²) in [5.74, 6) is 0.305. The molecule has 0 N–H and O–H groups in total. The zero-order valence-corrected chi connectivity index (χ0v) is 10.5. The molecule has 0 aliphatic rings. The number of halogens is 1. The predicted octanol–water partition coefficient (Wildman–Crippen LogP) is 2.01. The van der Waals surface area contributed by atoms with Gasteiger partial charge in [0.25, 0.3) is 0 Å². The quantitative estimate of drug-likeness (QED) is 0.854. The number of hydrogen-bond donors (Lipinski definition) is 0. The van der Waals surface area contributed by atoms with Crippen LogP contribution < -0.4 is 0 Å². The highest BCUT2D eigenvalue weighted by atomic mass is 35.5. The molecule has 2 aromatic rings. The van der Waals surface area contributed by atoms with E-state index in [2.05, 4.69) is 10.1 Å².